The third kappa shape index (κ3) is 5.39. The van der Waals surface area contributed by atoms with Gasteiger partial charge in [0, 0.05) is 60.4 Å². The fourth-order valence-corrected chi connectivity index (χ4v) is 8.76. The van der Waals surface area contributed by atoms with Gasteiger partial charge in [-0.2, -0.15) is 0 Å². The first-order valence-electron chi connectivity index (χ1n) is 17.6. The van der Waals surface area contributed by atoms with Crippen LogP contribution in [-0.2, 0) is 0 Å². The summed E-state index contributed by atoms with van der Waals surface area (Å²) in [6, 6.07) is 62.5. The van der Waals surface area contributed by atoms with Crippen molar-refractivity contribution in [3.8, 4) is 22.5 Å². The Hall–Kier alpha value is -6.76. The van der Waals surface area contributed by atoms with Crippen LogP contribution in [0, 0.1) is 0 Å². The number of aromatic nitrogens is 3. The molecule has 250 valence electrons. The summed E-state index contributed by atoms with van der Waals surface area (Å²) >= 11 is 1.82. The average Bonchev–Trinajstić information content (AvgIpc) is 3.23. The molecule has 2 heterocycles. The zero-order chi connectivity index (χ0) is 35.1. The largest absolute Gasteiger partial charge is 0.310 e. The van der Waals surface area contributed by atoms with Crippen LogP contribution >= 0.6 is 11.8 Å². The van der Waals surface area contributed by atoms with Gasteiger partial charge in [-0.1, -0.05) is 109 Å². The molecule has 0 saturated heterocycles. The van der Waals surface area contributed by atoms with E-state index in [2.05, 4.69) is 191 Å². The second-order valence-corrected chi connectivity index (χ2v) is 14.0. The van der Waals surface area contributed by atoms with Crippen molar-refractivity contribution < 1.29 is 0 Å². The van der Waals surface area contributed by atoms with E-state index in [0.29, 0.717) is 5.82 Å². The number of benzene rings is 8. The molecule has 1 aliphatic heterocycles. The lowest BCUT2D eigenvalue weighted by Crippen LogP contribution is -2.10. The van der Waals surface area contributed by atoms with Crippen molar-refractivity contribution in [2.45, 2.75) is 9.79 Å². The van der Waals surface area contributed by atoms with Crippen LogP contribution in [0.15, 0.2) is 198 Å². The predicted molar refractivity (Wildman–Crippen MR) is 219 cm³/mol. The Morgan fingerprint density at radius 3 is 1.47 bits per heavy atom. The zero-order valence-corrected chi connectivity index (χ0v) is 29.4. The number of rotatable bonds is 7. The van der Waals surface area contributed by atoms with Crippen molar-refractivity contribution in [2.24, 2.45) is 0 Å². The molecule has 0 bridgehead atoms. The molecular weight excluding hydrogens is 667 g/mol. The number of para-hydroxylation sites is 4. The fraction of sp³-hybridized carbons (Fsp3) is 0. The Morgan fingerprint density at radius 2 is 0.906 bits per heavy atom. The predicted octanol–water partition coefficient (Wildman–Crippen LogP) is 12.9. The highest BCUT2D eigenvalue weighted by Crippen LogP contribution is 2.55. The molecule has 10 rings (SSSR count). The second kappa shape index (κ2) is 13.1. The number of anilines is 6. The molecule has 5 nitrogen and oxygen atoms in total. The first kappa shape index (κ1) is 31.0. The van der Waals surface area contributed by atoms with Crippen LogP contribution in [-0.4, -0.2) is 15.0 Å². The van der Waals surface area contributed by atoms with Gasteiger partial charge in [-0.15, -0.1) is 0 Å². The third-order valence-electron chi connectivity index (χ3n) is 9.83. The molecular formula is C47H31N5S. The Labute approximate surface area is 311 Å². The van der Waals surface area contributed by atoms with Crippen LogP contribution in [0.4, 0.5) is 34.1 Å². The molecule has 0 atom stereocenters. The molecule has 9 aromatic rings. The van der Waals surface area contributed by atoms with Gasteiger partial charge < -0.3 is 9.80 Å². The van der Waals surface area contributed by atoms with Crippen molar-refractivity contribution in [1.82, 2.24) is 15.0 Å². The van der Waals surface area contributed by atoms with Gasteiger partial charge in [0.05, 0.1) is 0 Å². The van der Waals surface area contributed by atoms with E-state index >= 15 is 0 Å². The van der Waals surface area contributed by atoms with Gasteiger partial charge in [-0.05, 0) is 101 Å². The lowest BCUT2D eigenvalue weighted by atomic mass is 9.86. The van der Waals surface area contributed by atoms with Crippen molar-refractivity contribution in [3.05, 3.63) is 189 Å². The van der Waals surface area contributed by atoms with E-state index in [9.17, 15) is 0 Å². The topological polar surface area (TPSA) is 45.2 Å². The first-order chi connectivity index (χ1) is 26.3. The molecule has 53 heavy (non-hydrogen) atoms. The molecule has 0 aliphatic carbocycles. The number of nitrogens with zero attached hydrogens (tertiary/aromatic N) is 5. The van der Waals surface area contributed by atoms with Crippen molar-refractivity contribution >= 4 is 67.4 Å². The van der Waals surface area contributed by atoms with E-state index in [-0.39, 0.29) is 0 Å². The molecule has 0 N–H and O–H groups in total. The quantitative estimate of drug-likeness (QED) is 0.155. The highest BCUT2D eigenvalue weighted by Gasteiger charge is 2.28. The maximum Gasteiger partial charge on any atom is 0.163 e. The standard InChI is InChI=1S/C47H31N5S/c1-5-14-32(15-6-1)51(33-16-7-2-8-17-33)36-24-26-39-41(28-36)38-22-13-23-42-44(38)45(46(39)47-49-30-48-31-50-47)40-27-25-37(29-43(40)53-42)52(34-18-9-3-10-19-34)35-20-11-4-12-21-35/h1-31H. The van der Waals surface area contributed by atoms with Crippen LogP contribution in [0.5, 0.6) is 0 Å². The molecule has 0 fully saturated rings. The van der Waals surface area contributed by atoms with Crippen LogP contribution in [0.2, 0.25) is 0 Å². The van der Waals surface area contributed by atoms with Crippen molar-refractivity contribution in [2.75, 3.05) is 9.80 Å². The van der Waals surface area contributed by atoms with Gasteiger partial charge in [0.2, 0.25) is 0 Å². The molecule has 0 radical (unpaired) electrons. The Balaban J connectivity index is 1.22. The van der Waals surface area contributed by atoms with E-state index in [1.807, 2.05) is 11.8 Å². The highest BCUT2D eigenvalue weighted by molar-refractivity contribution is 7.99. The monoisotopic (exact) mass is 697 g/mol. The lowest BCUT2D eigenvalue weighted by molar-refractivity contribution is 1.06. The number of hydrogen-bond acceptors (Lipinski definition) is 6. The minimum Gasteiger partial charge on any atom is -0.310 e. The first-order valence-corrected chi connectivity index (χ1v) is 18.4. The molecule has 0 unspecified atom stereocenters. The highest BCUT2D eigenvalue weighted by atomic mass is 32.2. The molecule has 0 spiro atoms. The summed E-state index contributed by atoms with van der Waals surface area (Å²) in [5.74, 6) is 0.657. The second-order valence-electron chi connectivity index (χ2n) is 12.9. The van der Waals surface area contributed by atoms with E-state index in [0.717, 1.165) is 56.0 Å². The Kier molecular flexibility index (Phi) is 7.66. The molecule has 0 amide bonds. The zero-order valence-electron chi connectivity index (χ0n) is 28.5. The van der Waals surface area contributed by atoms with Gasteiger partial charge in [0.25, 0.3) is 0 Å². The molecule has 6 heteroatoms. The van der Waals surface area contributed by atoms with Crippen LogP contribution in [0.1, 0.15) is 0 Å². The number of fused-ring (bicyclic) bond motifs is 4. The minimum atomic E-state index is 0.657. The van der Waals surface area contributed by atoms with E-state index in [1.54, 1.807) is 12.7 Å². The fourth-order valence-electron chi connectivity index (χ4n) is 7.60. The Bertz CT molecular complexity index is 2670. The summed E-state index contributed by atoms with van der Waals surface area (Å²) in [6.07, 6.45) is 3.19. The van der Waals surface area contributed by atoms with Crippen LogP contribution in [0.25, 0.3) is 44.1 Å². The smallest absolute Gasteiger partial charge is 0.163 e. The van der Waals surface area contributed by atoms with Gasteiger partial charge in [-0.25, -0.2) is 15.0 Å². The van der Waals surface area contributed by atoms with E-state index in [1.165, 1.54) is 26.1 Å². The summed E-state index contributed by atoms with van der Waals surface area (Å²) in [4.78, 5) is 20.8. The summed E-state index contributed by atoms with van der Waals surface area (Å²) in [7, 11) is 0. The molecule has 0 saturated carbocycles. The van der Waals surface area contributed by atoms with Gasteiger partial charge in [-0.3, -0.25) is 0 Å². The third-order valence-corrected chi connectivity index (χ3v) is 11.0. The van der Waals surface area contributed by atoms with E-state index in [4.69, 9.17) is 9.97 Å². The molecule has 1 aromatic heterocycles. The summed E-state index contributed by atoms with van der Waals surface area (Å²) in [5.41, 5.74) is 9.90. The van der Waals surface area contributed by atoms with Gasteiger partial charge in [0.1, 0.15) is 12.7 Å². The van der Waals surface area contributed by atoms with Crippen molar-refractivity contribution in [1.29, 1.82) is 0 Å². The minimum absolute atomic E-state index is 0.657. The molecule has 8 aromatic carbocycles. The van der Waals surface area contributed by atoms with Gasteiger partial charge >= 0.3 is 0 Å². The van der Waals surface area contributed by atoms with Gasteiger partial charge in [0.15, 0.2) is 5.82 Å². The lowest BCUT2D eigenvalue weighted by Gasteiger charge is -2.29. The normalized spacial score (nSPS) is 11.7. The van der Waals surface area contributed by atoms with E-state index < -0.39 is 0 Å². The van der Waals surface area contributed by atoms with Crippen LogP contribution < -0.4 is 9.80 Å². The number of hydrogen-bond donors (Lipinski definition) is 0. The average molecular weight is 698 g/mol. The SMILES string of the molecule is c1ccc(N(c2ccccc2)c2ccc3c(c2)Sc2cccc4c2c-3c(-c2ncncn2)c2ccc(N(c3ccccc3)c3ccccc3)cc24)cc1. The van der Waals surface area contributed by atoms with Crippen molar-refractivity contribution in [3.63, 3.8) is 0 Å². The maximum absolute atomic E-state index is 4.77. The summed E-state index contributed by atoms with van der Waals surface area (Å²) in [5, 5.41) is 4.66. The maximum atomic E-state index is 4.77. The molecule has 1 aliphatic rings. The Morgan fingerprint density at radius 1 is 0.377 bits per heavy atom. The summed E-state index contributed by atoms with van der Waals surface area (Å²) < 4.78 is 0. The summed E-state index contributed by atoms with van der Waals surface area (Å²) in [6.45, 7) is 0. The van der Waals surface area contributed by atoms with Crippen LogP contribution in [0.3, 0.4) is 0 Å².